The zero-order valence-corrected chi connectivity index (χ0v) is 21.4. The fourth-order valence-corrected chi connectivity index (χ4v) is 5.59. The molecule has 0 saturated carbocycles. The van der Waals surface area contributed by atoms with E-state index in [1.807, 2.05) is 0 Å². The minimum atomic E-state index is 0.277. The summed E-state index contributed by atoms with van der Waals surface area (Å²) in [6, 6.07) is 10.4. The van der Waals surface area contributed by atoms with Crippen molar-refractivity contribution in [3.63, 3.8) is 0 Å². The van der Waals surface area contributed by atoms with Gasteiger partial charge in [-0.2, -0.15) is 0 Å². The van der Waals surface area contributed by atoms with E-state index < -0.39 is 0 Å². The second kappa shape index (κ2) is 10.5. The predicted molar refractivity (Wildman–Crippen MR) is 137 cm³/mol. The second-order valence-electron chi connectivity index (χ2n) is 10.3. The Kier molecular flexibility index (Phi) is 7.65. The minimum Gasteiger partial charge on any atom is -0.488 e. The van der Waals surface area contributed by atoms with Crippen LogP contribution in [0.2, 0.25) is 0 Å². The summed E-state index contributed by atoms with van der Waals surface area (Å²) in [5, 5.41) is 7.13. The fraction of sp³-hybridized carbons (Fsp3) is 0.586. The smallest absolute Gasteiger partial charge is 0.125 e. The van der Waals surface area contributed by atoms with Gasteiger partial charge in [0.25, 0.3) is 0 Å². The maximum Gasteiger partial charge on any atom is 0.125 e. The summed E-state index contributed by atoms with van der Waals surface area (Å²) < 4.78 is 12.8. The summed E-state index contributed by atoms with van der Waals surface area (Å²) in [6.07, 6.45) is 6.00. The lowest BCUT2D eigenvalue weighted by Crippen LogP contribution is -2.22. The van der Waals surface area contributed by atoms with E-state index in [2.05, 4.69) is 76.4 Å². The van der Waals surface area contributed by atoms with Gasteiger partial charge in [-0.15, -0.1) is 0 Å². The van der Waals surface area contributed by atoms with Crippen LogP contribution in [0, 0.1) is 27.7 Å². The van der Waals surface area contributed by atoms with Gasteiger partial charge in [0.2, 0.25) is 0 Å². The third-order valence-corrected chi connectivity index (χ3v) is 7.37. The molecule has 0 aromatic heterocycles. The minimum absolute atomic E-state index is 0.277. The quantitative estimate of drug-likeness (QED) is 0.553. The third-order valence-electron chi connectivity index (χ3n) is 7.37. The van der Waals surface area contributed by atoms with Crippen molar-refractivity contribution >= 4 is 0 Å². The van der Waals surface area contributed by atoms with Crippen LogP contribution in [0.25, 0.3) is 0 Å². The van der Waals surface area contributed by atoms with Crippen molar-refractivity contribution in [1.82, 2.24) is 10.6 Å². The SMILES string of the molecule is CC[C@@H]1C[C@H](Oc2c(C)cc(Cc3cc(C)c(O[C@@H]4CN[C@H](CC)C4)c(C)c3)cc2C)CN1. The molecule has 2 heterocycles. The van der Waals surface area contributed by atoms with Crippen molar-refractivity contribution < 1.29 is 9.47 Å². The highest BCUT2D eigenvalue weighted by Gasteiger charge is 2.26. The molecule has 180 valence electrons. The first-order chi connectivity index (χ1) is 15.9. The predicted octanol–water partition coefficient (Wildman–Crippen LogP) is 5.55. The van der Waals surface area contributed by atoms with Crippen LogP contribution in [0.15, 0.2) is 24.3 Å². The Morgan fingerprint density at radius 1 is 0.667 bits per heavy atom. The Morgan fingerprint density at radius 3 is 1.33 bits per heavy atom. The largest absolute Gasteiger partial charge is 0.488 e. The van der Waals surface area contributed by atoms with E-state index in [1.54, 1.807) is 0 Å². The lowest BCUT2D eigenvalue weighted by Gasteiger charge is -2.20. The summed E-state index contributed by atoms with van der Waals surface area (Å²) in [6.45, 7) is 15.1. The number of ether oxygens (including phenoxy) is 2. The molecule has 4 atom stereocenters. The molecule has 2 aliphatic heterocycles. The van der Waals surface area contributed by atoms with Crippen LogP contribution in [-0.2, 0) is 6.42 Å². The van der Waals surface area contributed by atoms with Crippen molar-refractivity contribution in [2.75, 3.05) is 13.1 Å². The van der Waals surface area contributed by atoms with Gasteiger partial charge in [0.1, 0.15) is 23.7 Å². The lowest BCUT2D eigenvalue weighted by atomic mass is 9.97. The maximum atomic E-state index is 6.42. The number of nitrogens with one attached hydrogen (secondary N) is 2. The summed E-state index contributed by atoms with van der Waals surface area (Å²) in [5.41, 5.74) is 7.61. The first kappa shape index (κ1) is 24.1. The highest BCUT2D eigenvalue weighted by Crippen LogP contribution is 2.31. The average molecular weight is 451 g/mol. The molecular weight excluding hydrogens is 408 g/mol. The Balaban J connectivity index is 1.44. The van der Waals surface area contributed by atoms with Gasteiger partial charge in [0.05, 0.1) is 0 Å². The molecule has 0 amide bonds. The summed E-state index contributed by atoms with van der Waals surface area (Å²) >= 11 is 0. The van der Waals surface area contributed by atoms with E-state index in [9.17, 15) is 0 Å². The van der Waals surface area contributed by atoms with E-state index in [0.717, 1.165) is 56.7 Å². The van der Waals surface area contributed by atoms with Gasteiger partial charge in [-0.1, -0.05) is 38.1 Å². The molecule has 0 unspecified atom stereocenters. The molecule has 0 aliphatic carbocycles. The summed E-state index contributed by atoms with van der Waals surface area (Å²) in [4.78, 5) is 0. The van der Waals surface area contributed by atoms with Crippen molar-refractivity contribution in [1.29, 1.82) is 0 Å². The van der Waals surface area contributed by atoms with E-state index in [-0.39, 0.29) is 12.2 Å². The van der Waals surface area contributed by atoms with Gasteiger partial charge < -0.3 is 20.1 Å². The van der Waals surface area contributed by atoms with Gasteiger partial charge >= 0.3 is 0 Å². The number of hydrogen-bond acceptors (Lipinski definition) is 4. The number of rotatable bonds is 8. The monoisotopic (exact) mass is 450 g/mol. The molecule has 0 bridgehead atoms. The van der Waals surface area contributed by atoms with Gasteiger partial charge in [0.15, 0.2) is 0 Å². The van der Waals surface area contributed by atoms with Crippen LogP contribution in [0.4, 0.5) is 0 Å². The van der Waals surface area contributed by atoms with Gasteiger partial charge in [-0.05, 0) is 80.3 Å². The maximum absolute atomic E-state index is 6.42. The van der Waals surface area contributed by atoms with Crippen molar-refractivity contribution in [3.05, 3.63) is 57.6 Å². The first-order valence-electron chi connectivity index (χ1n) is 12.9. The number of hydrogen-bond donors (Lipinski definition) is 2. The zero-order chi connectivity index (χ0) is 23.5. The molecule has 2 saturated heterocycles. The number of benzene rings is 2. The van der Waals surface area contributed by atoms with Crippen LogP contribution in [0.5, 0.6) is 11.5 Å². The summed E-state index contributed by atoms with van der Waals surface area (Å²) in [5.74, 6) is 2.13. The average Bonchev–Trinajstić information content (AvgIpc) is 3.42. The van der Waals surface area contributed by atoms with Crippen LogP contribution in [0.3, 0.4) is 0 Å². The fourth-order valence-electron chi connectivity index (χ4n) is 5.59. The van der Waals surface area contributed by atoms with Crippen molar-refractivity contribution in [3.8, 4) is 11.5 Å². The zero-order valence-electron chi connectivity index (χ0n) is 21.4. The van der Waals surface area contributed by atoms with E-state index in [4.69, 9.17) is 9.47 Å². The van der Waals surface area contributed by atoms with Crippen molar-refractivity contribution in [2.45, 2.75) is 97.9 Å². The summed E-state index contributed by atoms with van der Waals surface area (Å²) in [7, 11) is 0. The molecule has 4 nitrogen and oxygen atoms in total. The Labute approximate surface area is 200 Å². The number of aryl methyl sites for hydroxylation is 4. The van der Waals surface area contributed by atoms with E-state index in [0.29, 0.717) is 12.1 Å². The Hall–Kier alpha value is -2.04. The van der Waals surface area contributed by atoms with Crippen LogP contribution < -0.4 is 20.1 Å². The van der Waals surface area contributed by atoms with Gasteiger partial charge in [-0.25, -0.2) is 0 Å². The molecule has 2 aliphatic rings. The molecule has 0 radical (unpaired) electrons. The standard InChI is InChI=1S/C29H42N2O2/c1-7-24-14-26(16-30-24)32-28-18(3)9-22(10-19(28)4)13-23-11-20(5)29(21(6)12-23)33-27-15-25(8-2)31-17-27/h9-12,24-27,30-31H,7-8,13-17H2,1-6H3/t24-,25-,26+,27+/m1/s1. The van der Waals surface area contributed by atoms with Crippen LogP contribution in [0.1, 0.15) is 72.9 Å². The van der Waals surface area contributed by atoms with E-state index in [1.165, 1.54) is 33.4 Å². The molecule has 0 spiro atoms. The molecule has 4 rings (SSSR count). The molecule has 2 fully saturated rings. The highest BCUT2D eigenvalue weighted by molar-refractivity contribution is 5.48. The topological polar surface area (TPSA) is 42.5 Å². The molecule has 4 heteroatoms. The third kappa shape index (κ3) is 5.73. The van der Waals surface area contributed by atoms with E-state index >= 15 is 0 Å². The van der Waals surface area contributed by atoms with Gasteiger partial charge in [0, 0.05) is 38.0 Å². The molecule has 2 N–H and O–H groups in total. The van der Waals surface area contributed by atoms with Crippen molar-refractivity contribution in [2.24, 2.45) is 0 Å². The second-order valence-corrected chi connectivity index (χ2v) is 10.3. The Bertz CT molecular complexity index is 847. The lowest BCUT2D eigenvalue weighted by molar-refractivity contribution is 0.216. The Morgan fingerprint density at radius 2 is 1.03 bits per heavy atom. The molecule has 2 aromatic rings. The molecular formula is C29H42N2O2. The van der Waals surface area contributed by atoms with Crippen LogP contribution >= 0.6 is 0 Å². The highest BCUT2D eigenvalue weighted by atomic mass is 16.5. The van der Waals surface area contributed by atoms with Gasteiger partial charge in [-0.3, -0.25) is 0 Å². The van der Waals surface area contributed by atoms with Crippen LogP contribution in [-0.4, -0.2) is 37.4 Å². The molecule has 33 heavy (non-hydrogen) atoms. The molecule has 2 aromatic carbocycles. The normalized spacial score (nSPS) is 24.9. The first-order valence-corrected chi connectivity index (χ1v) is 12.9.